The standard InChI is InChI=1S/C27H36N4O3/c1-3-20-6-8-21(9-7-20)29-27(33)30-22-10-11-25(31-14-12-19(2)13-15-31)24(17-22)26(32)28-18-23-5-4-16-34-23/h6-11,17,19,23H,3-5,12-16,18H2,1-2H3,(H,28,32)(H2,29,30,33). The third-order valence-corrected chi connectivity index (χ3v) is 6.76. The number of piperidine rings is 1. The summed E-state index contributed by atoms with van der Waals surface area (Å²) >= 11 is 0. The molecule has 2 aromatic carbocycles. The largest absolute Gasteiger partial charge is 0.376 e. The second-order valence-corrected chi connectivity index (χ2v) is 9.38. The summed E-state index contributed by atoms with van der Waals surface area (Å²) in [5.74, 6) is 0.562. The van der Waals surface area contributed by atoms with Crippen LogP contribution in [-0.2, 0) is 11.2 Å². The zero-order chi connectivity index (χ0) is 23.9. The molecular weight excluding hydrogens is 428 g/mol. The van der Waals surface area contributed by atoms with E-state index in [0.29, 0.717) is 23.7 Å². The Balaban J connectivity index is 1.47. The number of carbonyl (C=O) groups excluding carboxylic acids is 2. The summed E-state index contributed by atoms with van der Waals surface area (Å²) in [6.45, 7) is 7.48. The van der Waals surface area contributed by atoms with E-state index in [2.05, 4.69) is 34.7 Å². The zero-order valence-corrected chi connectivity index (χ0v) is 20.2. The number of urea groups is 1. The number of carbonyl (C=O) groups is 2. The Morgan fingerprint density at radius 2 is 1.71 bits per heavy atom. The number of hydrogen-bond acceptors (Lipinski definition) is 4. The summed E-state index contributed by atoms with van der Waals surface area (Å²) in [6.07, 6.45) is 5.25. The van der Waals surface area contributed by atoms with Crippen molar-refractivity contribution in [2.75, 3.05) is 41.8 Å². The zero-order valence-electron chi connectivity index (χ0n) is 20.2. The minimum Gasteiger partial charge on any atom is -0.376 e. The molecule has 0 aliphatic carbocycles. The van der Waals surface area contributed by atoms with E-state index in [0.717, 1.165) is 63.2 Å². The van der Waals surface area contributed by atoms with Gasteiger partial charge in [0, 0.05) is 43.3 Å². The van der Waals surface area contributed by atoms with Crippen LogP contribution in [0.15, 0.2) is 42.5 Å². The van der Waals surface area contributed by atoms with Crippen molar-refractivity contribution in [1.29, 1.82) is 0 Å². The highest BCUT2D eigenvalue weighted by Crippen LogP contribution is 2.29. The van der Waals surface area contributed by atoms with E-state index >= 15 is 0 Å². The fraction of sp³-hybridized carbons (Fsp3) is 0.481. The monoisotopic (exact) mass is 464 g/mol. The van der Waals surface area contributed by atoms with Crippen molar-refractivity contribution < 1.29 is 14.3 Å². The molecule has 0 bridgehead atoms. The lowest BCUT2D eigenvalue weighted by Crippen LogP contribution is -2.36. The number of benzene rings is 2. The summed E-state index contributed by atoms with van der Waals surface area (Å²) in [7, 11) is 0. The minimum atomic E-state index is -0.338. The SMILES string of the molecule is CCc1ccc(NC(=O)Nc2ccc(N3CCC(C)CC3)c(C(=O)NCC3CCCO3)c2)cc1. The second-order valence-electron chi connectivity index (χ2n) is 9.38. The van der Waals surface area contributed by atoms with E-state index in [4.69, 9.17) is 4.74 Å². The number of hydrogen-bond donors (Lipinski definition) is 3. The fourth-order valence-corrected chi connectivity index (χ4v) is 4.55. The van der Waals surface area contributed by atoms with Gasteiger partial charge in [-0.3, -0.25) is 4.79 Å². The molecule has 2 saturated heterocycles. The number of amides is 3. The molecule has 2 heterocycles. The first-order valence-corrected chi connectivity index (χ1v) is 12.5. The van der Waals surface area contributed by atoms with E-state index in [1.54, 1.807) is 6.07 Å². The van der Waals surface area contributed by atoms with Gasteiger partial charge in [-0.05, 0) is 73.9 Å². The molecule has 2 aliphatic heterocycles. The van der Waals surface area contributed by atoms with Crippen LogP contribution in [-0.4, -0.2) is 44.3 Å². The topological polar surface area (TPSA) is 82.7 Å². The Labute approximate surface area is 202 Å². The summed E-state index contributed by atoms with van der Waals surface area (Å²) in [5.41, 5.74) is 4.02. The molecule has 34 heavy (non-hydrogen) atoms. The first-order valence-electron chi connectivity index (χ1n) is 12.5. The van der Waals surface area contributed by atoms with Gasteiger partial charge >= 0.3 is 6.03 Å². The number of nitrogens with zero attached hydrogens (tertiary/aromatic N) is 1. The molecule has 1 unspecified atom stereocenters. The Bertz CT molecular complexity index is 978. The third-order valence-electron chi connectivity index (χ3n) is 6.76. The maximum Gasteiger partial charge on any atom is 0.323 e. The van der Waals surface area contributed by atoms with Crippen LogP contribution >= 0.6 is 0 Å². The first kappa shape index (κ1) is 24.1. The molecular formula is C27H36N4O3. The number of nitrogens with one attached hydrogen (secondary N) is 3. The van der Waals surface area contributed by atoms with Crippen LogP contribution in [0.5, 0.6) is 0 Å². The maximum absolute atomic E-state index is 13.2. The van der Waals surface area contributed by atoms with Gasteiger partial charge in [-0.15, -0.1) is 0 Å². The third kappa shape index (κ3) is 6.29. The highest BCUT2D eigenvalue weighted by Gasteiger charge is 2.23. The molecule has 7 nitrogen and oxygen atoms in total. The van der Waals surface area contributed by atoms with Gasteiger partial charge in [0.1, 0.15) is 0 Å². The number of ether oxygens (including phenoxy) is 1. The van der Waals surface area contributed by atoms with Gasteiger partial charge in [0.25, 0.3) is 5.91 Å². The summed E-state index contributed by atoms with van der Waals surface area (Å²) in [6, 6.07) is 13.0. The molecule has 1 atom stereocenters. The molecule has 0 radical (unpaired) electrons. The smallest absolute Gasteiger partial charge is 0.323 e. The second kappa shape index (κ2) is 11.4. The average Bonchev–Trinajstić information content (AvgIpc) is 3.37. The normalized spacial score (nSPS) is 18.5. The Morgan fingerprint density at radius 1 is 1.00 bits per heavy atom. The van der Waals surface area contributed by atoms with Gasteiger partial charge in [0.2, 0.25) is 0 Å². The van der Waals surface area contributed by atoms with Crippen LogP contribution in [0.3, 0.4) is 0 Å². The van der Waals surface area contributed by atoms with Crippen molar-refractivity contribution >= 4 is 29.0 Å². The average molecular weight is 465 g/mol. The van der Waals surface area contributed by atoms with Crippen LogP contribution in [0, 0.1) is 5.92 Å². The van der Waals surface area contributed by atoms with Crippen LogP contribution in [0.4, 0.5) is 21.9 Å². The predicted molar refractivity (Wildman–Crippen MR) is 137 cm³/mol. The van der Waals surface area contributed by atoms with E-state index < -0.39 is 0 Å². The fourth-order valence-electron chi connectivity index (χ4n) is 4.55. The van der Waals surface area contributed by atoms with Crippen LogP contribution < -0.4 is 20.9 Å². The van der Waals surface area contributed by atoms with Gasteiger partial charge in [-0.25, -0.2) is 4.79 Å². The summed E-state index contributed by atoms with van der Waals surface area (Å²) in [4.78, 5) is 28.1. The quantitative estimate of drug-likeness (QED) is 0.536. The lowest BCUT2D eigenvalue weighted by atomic mass is 9.97. The highest BCUT2D eigenvalue weighted by molar-refractivity contribution is 6.04. The number of anilines is 3. The van der Waals surface area contributed by atoms with Crippen molar-refractivity contribution in [3.8, 4) is 0 Å². The van der Waals surface area contributed by atoms with E-state index in [9.17, 15) is 9.59 Å². The molecule has 2 aromatic rings. The molecule has 4 rings (SSSR count). The Kier molecular flexibility index (Phi) is 8.06. The van der Waals surface area contributed by atoms with Gasteiger partial charge in [0.15, 0.2) is 0 Å². The van der Waals surface area contributed by atoms with E-state index in [1.807, 2.05) is 36.4 Å². The molecule has 0 aromatic heterocycles. The van der Waals surface area contributed by atoms with Gasteiger partial charge in [-0.2, -0.15) is 0 Å². The van der Waals surface area contributed by atoms with Crippen LogP contribution in [0.25, 0.3) is 0 Å². The lowest BCUT2D eigenvalue weighted by molar-refractivity contribution is 0.0858. The van der Waals surface area contributed by atoms with Crippen molar-refractivity contribution in [3.05, 3.63) is 53.6 Å². The molecule has 7 heteroatoms. The van der Waals surface area contributed by atoms with Crippen molar-refractivity contribution in [1.82, 2.24) is 5.32 Å². The van der Waals surface area contributed by atoms with Gasteiger partial charge in [0.05, 0.1) is 11.7 Å². The summed E-state index contributed by atoms with van der Waals surface area (Å²) < 4.78 is 5.65. The first-order chi connectivity index (χ1) is 16.5. The van der Waals surface area contributed by atoms with Crippen molar-refractivity contribution in [2.45, 2.75) is 52.1 Å². The molecule has 2 fully saturated rings. The molecule has 182 valence electrons. The molecule has 0 spiro atoms. The van der Waals surface area contributed by atoms with Crippen molar-refractivity contribution in [3.63, 3.8) is 0 Å². The van der Waals surface area contributed by atoms with E-state index in [1.165, 1.54) is 5.56 Å². The van der Waals surface area contributed by atoms with Gasteiger partial charge < -0.3 is 25.6 Å². The molecule has 3 N–H and O–H groups in total. The molecule has 0 saturated carbocycles. The van der Waals surface area contributed by atoms with Gasteiger partial charge in [-0.1, -0.05) is 26.0 Å². The highest BCUT2D eigenvalue weighted by atomic mass is 16.5. The number of aryl methyl sites for hydroxylation is 1. The number of rotatable bonds is 7. The minimum absolute atomic E-state index is 0.0782. The van der Waals surface area contributed by atoms with Crippen LogP contribution in [0.1, 0.15) is 55.5 Å². The van der Waals surface area contributed by atoms with Crippen molar-refractivity contribution in [2.24, 2.45) is 5.92 Å². The van der Waals surface area contributed by atoms with Crippen LogP contribution in [0.2, 0.25) is 0 Å². The lowest BCUT2D eigenvalue weighted by Gasteiger charge is -2.33. The van der Waals surface area contributed by atoms with E-state index in [-0.39, 0.29) is 18.0 Å². The Morgan fingerprint density at radius 3 is 2.38 bits per heavy atom. The predicted octanol–water partition coefficient (Wildman–Crippen LogP) is 5.04. The molecule has 3 amide bonds. The maximum atomic E-state index is 13.2. The molecule has 2 aliphatic rings. The Hall–Kier alpha value is -3.06. The summed E-state index contributed by atoms with van der Waals surface area (Å²) in [5, 5.41) is 8.77.